The largest absolute Gasteiger partial charge is 0.306 e. The Morgan fingerprint density at radius 1 is 1.15 bits per heavy atom. The highest BCUT2D eigenvalue weighted by molar-refractivity contribution is 5.93. The fraction of sp³-hybridized carbons (Fsp3) is 0. The summed E-state index contributed by atoms with van der Waals surface area (Å²) in [4.78, 5) is 16.1. The van der Waals surface area contributed by atoms with Crippen molar-refractivity contribution in [1.82, 2.24) is 14.8 Å². The monoisotopic (exact) mass is 264 g/mol. The molecule has 20 heavy (non-hydrogen) atoms. The summed E-state index contributed by atoms with van der Waals surface area (Å²) < 4.78 is 1.79. The zero-order valence-corrected chi connectivity index (χ0v) is 10.6. The van der Waals surface area contributed by atoms with E-state index in [0.717, 1.165) is 11.2 Å². The van der Waals surface area contributed by atoms with Crippen molar-refractivity contribution in [3.63, 3.8) is 0 Å². The molecule has 3 aromatic rings. The lowest BCUT2D eigenvalue weighted by Crippen LogP contribution is -2.17. The summed E-state index contributed by atoms with van der Waals surface area (Å²) in [5.74, 6) is -0.333. The first kappa shape index (κ1) is 12.1. The fourth-order valence-electron chi connectivity index (χ4n) is 1.81. The van der Waals surface area contributed by atoms with E-state index in [-0.39, 0.29) is 5.91 Å². The standard InChI is InChI=1S/C15H12N4O/c20-15(18-16-10-12-6-2-1-3-7-12)13-11-19-9-5-4-8-14(19)17-13/h1-11H,(H,18,20)/b16-10+. The molecule has 5 nitrogen and oxygen atoms in total. The molecule has 2 aromatic heterocycles. The van der Waals surface area contributed by atoms with Crippen molar-refractivity contribution in [2.24, 2.45) is 5.10 Å². The van der Waals surface area contributed by atoms with Gasteiger partial charge in [-0.2, -0.15) is 5.10 Å². The molecule has 0 aliphatic carbocycles. The minimum Gasteiger partial charge on any atom is -0.306 e. The summed E-state index contributed by atoms with van der Waals surface area (Å²) in [5.41, 5.74) is 4.44. The quantitative estimate of drug-likeness (QED) is 0.581. The number of hydrogen-bond donors (Lipinski definition) is 1. The van der Waals surface area contributed by atoms with Crippen molar-refractivity contribution < 1.29 is 4.79 Å². The van der Waals surface area contributed by atoms with Crippen molar-refractivity contribution >= 4 is 17.8 Å². The molecular weight excluding hydrogens is 252 g/mol. The van der Waals surface area contributed by atoms with Crippen molar-refractivity contribution in [3.05, 3.63) is 72.2 Å². The zero-order valence-electron chi connectivity index (χ0n) is 10.6. The van der Waals surface area contributed by atoms with Crippen molar-refractivity contribution in [2.75, 3.05) is 0 Å². The van der Waals surface area contributed by atoms with Crippen LogP contribution in [0.5, 0.6) is 0 Å². The Labute approximate surface area is 115 Å². The fourth-order valence-corrected chi connectivity index (χ4v) is 1.81. The van der Waals surface area contributed by atoms with E-state index >= 15 is 0 Å². The molecule has 2 heterocycles. The van der Waals surface area contributed by atoms with Gasteiger partial charge in [-0.15, -0.1) is 0 Å². The summed E-state index contributed by atoms with van der Waals surface area (Å²) in [7, 11) is 0. The maximum atomic E-state index is 11.9. The van der Waals surface area contributed by atoms with Crippen LogP contribution in [0.3, 0.4) is 0 Å². The first-order valence-electron chi connectivity index (χ1n) is 6.15. The maximum Gasteiger partial charge on any atom is 0.291 e. The zero-order chi connectivity index (χ0) is 13.8. The number of benzene rings is 1. The van der Waals surface area contributed by atoms with Crippen molar-refractivity contribution in [1.29, 1.82) is 0 Å². The lowest BCUT2D eigenvalue weighted by Gasteiger charge is -1.94. The first-order chi connectivity index (χ1) is 9.83. The second kappa shape index (κ2) is 5.36. The molecule has 0 saturated carbocycles. The van der Waals surface area contributed by atoms with Gasteiger partial charge in [0.2, 0.25) is 0 Å². The second-order valence-electron chi connectivity index (χ2n) is 4.20. The predicted molar refractivity (Wildman–Crippen MR) is 76.7 cm³/mol. The molecule has 1 N–H and O–H groups in total. The number of amides is 1. The van der Waals surface area contributed by atoms with Gasteiger partial charge in [-0.25, -0.2) is 10.4 Å². The second-order valence-corrected chi connectivity index (χ2v) is 4.20. The molecule has 0 radical (unpaired) electrons. The number of hydrogen-bond acceptors (Lipinski definition) is 3. The van der Waals surface area contributed by atoms with Gasteiger partial charge in [0.25, 0.3) is 5.91 Å². The maximum absolute atomic E-state index is 11.9. The molecule has 1 aromatic carbocycles. The van der Waals surface area contributed by atoms with E-state index < -0.39 is 0 Å². The molecule has 98 valence electrons. The minimum atomic E-state index is -0.333. The molecule has 0 fully saturated rings. The van der Waals surface area contributed by atoms with E-state index in [2.05, 4.69) is 15.5 Å². The number of carbonyl (C=O) groups excluding carboxylic acids is 1. The first-order valence-corrected chi connectivity index (χ1v) is 6.15. The SMILES string of the molecule is O=C(N/N=C/c1ccccc1)c1cn2ccccc2n1. The summed E-state index contributed by atoms with van der Waals surface area (Å²) in [6, 6.07) is 15.1. The van der Waals surface area contributed by atoms with Crippen LogP contribution in [-0.4, -0.2) is 21.5 Å². The van der Waals surface area contributed by atoms with E-state index in [1.165, 1.54) is 0 Å². The van der Waals surface area contributed by atoms with E-state index in [9.17, 15) is 4.79 Å². The highest BCUT2D eigenvalue weighted by Crippen LogP contribution is 2.04. The van der Waals surface area contributed by atoms with Gasteiger partial charge in [-0.3, -0.25) is 4.79 Å². The van der Waals surface area contributed by atoms with Gasteiger partial charge < -0.3 is 4.40 Å². The van der Waals surface area contributed by atoms with Crippen LogP contribution in [0.15, 0.2) is 66.0 Å². The Morgan fingerprint density at radius 2 is 1.95 bits per heavy atom. The summed E-state index contributed by atoms with van der Waals surface area (Å²) in [6.07, 6.45) is 5.10. The van der Waals surface area contributed by atoms with E-state index in [0.29, 0.717) is 5.69 Å². The average molecular weight is 264 g/mol. The number of imidazole rings is 1. The molecule has 0 atom stereocenters. The number of aromatic nitrogens is 2. The van der Waals surface area contributed by atoms with Crippen LogP contribution < -0.4 is 5.43 Å². The van der Waals surface area contributed by atoms with E-state index in [4.69, 9.17) is 0 Å². The number of carbonyl (C=O) groups is 1. The molecule has 0 aliphatic heterocycles. The summed E-state index contributed by atoms with van der Waals surface area (Å²) in [5, 5.41) is 3.91. The number of rotatable bonds is 3. The number of fused-ring (bicyclic) bond motifs is 1. The molecule has 0 saturated heterocycles. The van der Waals surface area contributed by atoms with Crippen LogP contribution in [0.2, 0.25) is 0 Å². The third-order valence-electron chi connectivity index (χ3n) is 2.78. The van der Waals surface area contributed by atoms with Gasteiger partial charge in [0.05, 0.1) is 6.21 Å². The number of nitrogens with one attached hydrogen (secondary N) is 1. The van der Waals surface area contributed by atoms with Crippen LogP contribution in [0, 0.1) is 0 Å². The number of hydrazone groups is 1. The lowest BCUT2D eigenvalue weighted by molar-refractivity contribution is 0.0951. The van der Waals surface area contributed by atoms with Crippen molar-refractivity contribution in [2.45, 2.75) is 0 Å². The smallest absolute Gasteiger partial charge is 0.291 e. The minimum absolute atomic E-state index is 0.333. The predicted octanol–water partition coefficient (Wildman–Crippen LogP) is 2.10. The van der Waals surface area contributed by atoms with Crippen LogP contribution >= 0.6 is 0 Å². The lowest BCUT2D eigenvalue weighted by atomic mass is 10.2. The molecule has 0 bridgehead atoms. The molecular formula is C15H12N4O. The van der Waals surface area contributed by atoms with Gasteiger partial charge in [-0.05, 0) is 17.7 Å². The molecule has 0 unspecified atom stereocenters. The van der Waals surface area contributed by atoms with E-state index in [1.54, 1.807) is 16.8 Å². The normalized spacial score (nSPS) is 11.0. The topological polar surface area (TPSA) is 58.8 Å². The Balaban J connectivity index is 1.71. The Hall–Kier alpha value is -2.95. The van der Waals surface area contributed by atoms with Crippen LogP contribution in [0.1, 0.15) is 16.1 Å². The number of pyridine rings is 1. The van der Waals surface area contributed by atoms with Gasteiger partial charge in [0.15, 0.2) is 0 Å². The highest BCUT2D eigenvalue weighted by atomic mass is 16.2. The van der Waals surface area contributed by atoms with E-state index in [1.807, 2.05) is 54.7 Å². The highest BCUT2D eigenvalue weighted by Gasteiger charge is 2.08. The molecule has 0 aliphatic rings. The average Bonchev–Trinajstić information content (AvgIpc) is 2.92. The Morgan fingerprint density at radius 3 is 2.75 bits per heavy atom. The molecule has 0 spiro atoms. The Kier molecular flexibility index (Phi) is 3.24. The summed E-state index contributed by atoms with van der Waals surface area (Å²) in [6.45, 7) is 0. The summed E-state index contributed by atoms with van der Waals surface area (Å²) >= 11 is 0. The van der Waals surface area contributed by atoms with Crippen LogP contribution in [0.25, 0.3) is 5.65 Å². The van der Waals surface area contributed by atoms with Gasteiger partial charge in [-0.1, -0.05) is 36.4 Å². The number of nitrogens with zero attached hydrogens (tertiary/aromatic N) is 3. The van der Waals surface area contributed by atoms with Gasteiger partial charge >= 0.3 is 0 Å². The van der Waals surface area contributed by atoms with Crippen LogP contribution in [0.4, 0.5) is 0 Å². The van der Waals surface area contributed by atoms with Gasteiger partial charge in [0.1, 0.15) is 11.3 Å². The molecule has 3 rings (SSSR count). The Bertz CT molecular complexity index is 729. The third-order valence-corrected chi connectivity index (χ3v) is 2.78. The molecule has 1 amide bonds. The van der Waals surface area contributed by atoms with Crippen LogP contribution in [-0.2, 0) is 0 Å². The third kappa shape index (κ3) is 2.56. The van der Waals surface area contributed by atoms with Crippen molar-refractivity contribution in [3.8, 4) is 0 Å². The molecule has 5 heteroatoms. The van der Waals surface area contributed by atoms with Gasteiger partial charge in [0, 0.05) is 12.4 Å².